The first-order valence-electron chi connectivity index (χ1n) is 7.14. The van der Waals surface area contributed by atoms with E-state index in [0.717, 1.165) is 4.47 Å². The molecule has 1 amide bonds. The molecule has 0 fully saturated rings. The quantitative estimate of drug-likeness (QED) is 0.559. The van der Waals surface area contributed by atoms with E-state index in [9.17, 15) is 10.1 Å². The summed E-state index contributed by atoms with van der Waals surface area (Å²) in [7, 11) is 0. The van der Waals surface area contributed by atoms with Gasteiger partial charge in [-0.1, -0.05) is 33.6 Å². The zero-order valence-corrected chi connectivity index (χ0v) is 15.2. The molecular formula is C18H14BrClN2O2. The number of rotatable bonds is 5. The summed E-state index contributed by atoms with van der Waals surface area (Å²) >= 11 is 9.44. The summed E-state index contributed by atoms with van der Waals surface area (Å²) < 4.78 is 6.26. The van der Waals surface area contributed by atoms with Crippen LogP contribution in [0.2, 0.25) is 5.02 Å². The third-order valence-corrected chi connectivity index (χ3v) is 3.86. The van der Waals surface area contributed by atoms with Gasteiger partial charge in [-0.25, -0.2) is 0 Å². The summed E-state index contributed by atoms with van der Waals surface area (Å²) in [6.07, 6.45) is 1.48. The van der Waals surface area contributed by atoms with Crippen LogP contribution in [-0.4, -0.2) is 12.5 Å². The van der Waals surface area contributed by atoms with Gasteiger partial charge in [-0.15, -0.1) is 0 Å². The van der Waals surface area contributed by atoms with Crippen LogP contribution in [0.1, 0.15) is 12.5 Å². The van der Waals surface area contributed by atoms with Gasteiger partial charge in [0.1, 0.15) is 17.4 Å². The molecule has 0 saturated heterocycles. The number of nitriles is 1. The van der Waals surface area contributed by atoms with Crippen molar-refractivity contribution in [3.8, 4) is 11.8 Å². The molecule has 0 radical (unpaired) electrons. The Morgan fingerprint density at radius 1 is 1.33 bits per heavy atom. The second-order valence-electron chi connectivity index (χ2n) is 4.75. The van der Waals surface area contributed by atoms with Gasteiger partial charge < -0.3 is 10.1 Å². The average molecular weight is 406 g/mol. The molecular weight excluding hydrogens is 392 g/mol. The van der Waals surface area contributed by atoms with E-state index < -0.39 is 5.91 Å². The lowest BCUT2D eigenvalue weighted by molar-refractivity contribution is -0.112. The number of carbonyl (C=O) groups excluding carboxylic acids is 1. The van der Waals surface area contributed by atoms with Crippen LogP contribution in [0.25, 0.3) is 6.08 Å². The molecule has 0 aromatic heterocycles. The smallest absolute Gasteiger partial charge is 0.266 e. The molecule has 6 heteroatoms. The minimum absolute atomic E-state index is 0.0156. The van der Waals surface area contributed by atoms with Gasteiger partial charge in [-0.05, 0) is 55.0 Å². The molecule has 0 heterocycles. The maximum atomic E-state index is 12.2. The second kappa shape index (κ2) is 8.53. The van der Waals surface area contributed by atoms with Crippen LogP contribution >= 0.6 is 27.5 Å². The van der Waals surface area contributed by atoms with Gasteiger partial charge in [-0.2, -0.15) is 5.26 Å². The van der Waals surface area contributed by atoms with Gasteiger partial charge in [0.25, 0.3) is 5.91 Å². The van der Waals surface area contributed by atoms with E-state index in [1.54, 1.807) is 42.5 Å². The summed E-state index contributed by atoms with van der Waals surface area (Å²) in [5.41, 5.74) is 1.23. The fraction of sp³-hybridized carbons (Fsp3) is 0.111. The van der Waals surface area contributed by atoms with E-state index in [0.29, 0.717) is 28.6 Å². The minimum Gasteiger partial charge on any atom is -0.492 e. The number of nitrogens with zero attached hydrogens (tertiary/aromatic N) is 1. The predicted octanol–water partition coefficient (Wildman–Crippen LogP) is 5.05. The normalized spacial score (nSPS) is 10.8. The first kappa shape index (κ1) is 18.1. The van der Waals surface area contributed by atoms with Gasteiger partial charge >= 0.3 is 0 Å². The third-order valence-electron chi connectivity index (χ3n) is 3.03. The highest BCUT2D eigenvalue weighted by Gasteiger charge is 2.10. The lowest BCUT2D eigenvalue weighted by atomic mass is 10.1. The molecule has 2 aromatic rings. The van der Waals surface area contributed by atoms with Crippen molar-refractivity contribution in [1.82, 2.24) is 0 Å². The molecule has 122 valence electrons. The average Bonchev–Trinajstić information content (AvgIpc) is 2.57. The van der Waals surface area contributed by atoms with E-state index in [1.807, 2.05) is 13.0 Å². The summed E-state index contributed by atoms with van der Waals surface area (Å²) in [5, 5.41) is 12.3. The minimum atomic E-state index is -0.482. The van der Waals surface area contributed by atoms with Crippen molar-refractivity contribution >= 4 is 45.2 Å². The summed E-state index contributed by atoms with van der Waals surface area (Å²) in [5.74, 6) is 0.0824. The maximum absolute atomic E-state index is 12.2. The summed E-state index contributed by atoms with van der Waals surface area (Å²) in [6.45, 7) is 2.37. The standard InChI is InChI=1S/C18H14BrClN2O2/c1-2-24-17-8-3-12(10-16(17)20)9-13(11-21)18(23)22-15-6-4-14(19)5-7-15/h3-10H,2H2,1H3,(H,22,23)/b13-9-. The van der Waals surface area contributed by atoms with Gasteiger partial charge in [0.15, 0.2) is 0 Å². The monoisotopic (exact) mass is 404 g/mol. The molecule has 0 aliphatic rings. The van der Waals surface area contributed by atoms with Gasteiger partial charge in [-0.3, -0.25) is 4.79 Å². The van der Waals surface area contributed by atoms with Crippen LogP contribution in [0.15, 0.2) is 52.5 Å². The number of amides is 1. The highest BCUT2D eigenvalue weighted by molar-refractivity contribution is 9.10. The lowest BCUT2D eigenvalue weighted by Crippen LogP contribution is -2.13. The largest absolute Gasteiger partial charge is 0.492 e. The van der Waals surface area contributed by atoms with Crippen molar-refractivity contribution in [2.24, 2.45) is 0 Å². The predicted molar refractivity (Wildman–Crippen MR) is 99.0 cm³/mol. The molecule has 0 unspecified atom stereocenters. The molecule has 0 bridgehead atoms. The maximum Gasteiger partial charge on any atom is 0.266 e. The number of hydrogen-bond acceptors (Lipinski definition) is 3. The number of halogens is 2. The van der Waals surface area contributed by atoms with Crippen molar-refractivity contribution in [2.45, 2.75) is 6.92 Å². The Kier molecular flexibility index (Phi) is 6.42. The summed E-state index contributed by atoms with van der Waals surface area (Å²) in [4.78, 5) is 12.2. The van der Waals surface area contributed by atoms with Crippen molar-refractivity contribution < 1.29 is 9.53 Å². The van der Waals surface area contributed by atoms with E-state index in [-0.39, 0.29) is 5.57 Å². The molecule has 2 aromatic carbocycles. The first-order chi connectivity index (χ1) is 11.5. The van der Waals surface area contributed by atoms with Gasteiger partial charge in [0, 0.05) is 10.2 Å². The van der Waals surface area contributed by atoms with Crippen molar-refractivity contribution in [3.63, 3.8) is 0 Å². The highest BCUT2D eigenvalue weighted by Crippen LogP contribution is 2.26. The van der Waals surface area contributed by atoms with Crippen LogP contribution in [-0.2, 0) is 4.79 Å². The van der Waals surface area contributed by atoms with Gasteiger partial charge in [0.05, 0.1) is 11.6 Å². The van der Waals surface area contributed by atoms with E-state index in [1.165, 1.54) is 6.08 Å². The molecule has 0 aliphatic carbocycles. The topological polar surface area (TPSA) is 62.1 Å². The number of hydrogen-bond donors (Lipinski definition) is 1. The van der Waals surface area contributed by atoms with Crippen LogP contribution < -0.4 is 10.1 Å². The molecule has 2 rings (SSSR count). The lowest BCUT2D eigenvalue weighted by Gasteiger charge is -2.07. The zero-order valence-electron chi connectivity index (χ0n) is 12.8. The highest BCUT2D eigenvalue weighted by atomic mass is 79.9. The van der Waals surface area contributed by atoms with Crippen LogP contribution in [0, 0.1) is 11.3 Å². The molecule has 24 heavy (non-hydrogen) atoms. The number of benzene rings is 2. The molecule has 0 saturated carbocycles. The van der Waals surface area contributed by atoms with Crippen molar-refractivity contribution in [3.05, 3.63) is 63.1 Å². The molecule has 0 aliphatic heterocycles. The Balaban J connectivity index is 2.19. The Bertz CT molecular complexity index is 811. The Morgan fingerprint density at radius 2 is 2.04 bits per heavy atom. The van der Waals surface area contributed by atoms with Crippen LogP contribution in [0.3, 0.4) is 0 Å². The fourth-order valence-electron chi connectivity index (χ4n) is 1.93. The third kappa shape index (κ3) is 4.85. The molecule has 1 N–H and O–H groups in total. The SMILES string of the molecule is CCOc1ccc(/C=C(/C#N)C(=O)Nc2ccc(Br)cc2)cc1Cl. The second-order valence-corrected chi connectivity index (χ2v) is 6.08. The molecule has 0 atom stereocenters. The van der Waals surface area contributed by atoms with E-state index >= 15 is 0 Å². The van der Waals surface area contributed by atoms with Gasteiger partial charge in [0.2, 0.25) is 0 Å². The van der Waals surface area contributed by atoms with E-state index in [4.69, 9.17) is 16.3 Å². The molecule has 4 nitrogen and oxygen atoms in total. The van der Waals surface area contributed by atoms with E-state index in [2.05, 4.69) is 21.2 Å². The summed E-state index contributed by atoms with van der Waals surface area (Å²) in [6, 6.07) is 14.1. The van der Waals surface area contributed by atoms with Crippen molar-refractivity contribution in [1.29, 1.82) is 5.26 Å². The van der Waals surface area contributed by atoms with Crippen LogP contribution in [0.4, 0.5) is 5.69 Å². The Morgan fingerprint density at radius 3 is 2.62 bits per heavy atom. The fourth-order valence-corrected chi connectivity index (χ4v) is 2.43. The number of nitrogens with one attached hydrogen (secondary N) is 1. The number of anilines is 1. The number of carbonyl (C=O) groups is 1. The zero-order chi connectivity index (χ0) is 17.5. The number of ether oxygens (including phenoxy) is 1. The van der Waals surface area contributed by atoms with Crippen LogP contribution in [0.5, 0.6) is 5.75 Å². The molecule has 0 spiro atoms. The Labute approximate surface area is 153 Å². The Hall–Kier alpha value is -2.29. The van der Waals surface area contributed by atoms with Crippen molar-refractivity contribution in [2.75, 3.05) is 11.9 Å². The first-order valence-corrected chi connectivity index (χ1v) is 8.31.